The second-order valence-corrected chi connectivity index (χ2v) is 5.00. The zero-order valence-corrected chi connectivity index (χ0v) is 11.1. The minimum absolute atomic E-state index is 0.0481. The fraction of sp³-hybridized carbons (Fsp3) is 0.571. The van der Waals surface area contributed by atoms with Crippen molar-refractivity contribution in [1.29, 1.82) is 0 Å². The summed E-state index contributed by atoms with van der Waals surface area (Å²) < 4.78 is 0. The van der Waals surface area contributed by atoms with Gasteiger partial charge in [-0.2, -0.15) is 0 Å². The minimum atomic E-state index is -0.555. The van der Waals surface area contributed by atoms with Crippen LogP contribution in [-0.2, 0) is 5.41 Å². The molecular formula is C14H21ClO2. The molecule has 1 aromatic carbocycles. The number of hydrogen-bond donors (Lipinski definition) is 2. The molecule has 0 heterocycles. The van der Waals surface area contributed by atoms with Crippen LogP contribution in [0.1, 0.15) is 38.2 Å². The van der Waals surface area contributed by atoms with Crippen LogP contribution in [0, 0.1) is 0 Å². The van der Waals surface area contributed by atoms with Crippen LogP contribution in [0.25, 0.3) is 0 Å². The van der Waals surface area contributed by atoms with Crippen molar-refractivity contribution in [2.75, 3.05) is 13.2 Å². The number of halogens is 1. The Balaban J connectivity index is 2.89. The topological polar surface area (TPSA) is 40.5 Å². The average Bonchev–Trinajstić information content (AvgIpc) is 2.35. The van der Waals surface area contributed by atoms with Crippen LogP contribution in [0.15, 0.2) is 24.3 Å². The number of benzene rings is 1. The molecule has 0 unspecified atom stereocenters. The Hall–Kier alpha value is -0.570. The maximum atomic E-state index is 9.62. The minimum Gasteiger partial charge on any atom is -0.395 e. The summed E-state index contributed by atoms with van der Waals surface area (Å²) in [7, 11) is 0. The Morgan fingerprint density at radius 1 is 1.18 bits per heavy atom. The van der Waals surface area contributed by atoms with Crippen molar-refractivity contribution in [2.45, 2.75) is 38.0 Å². The summed E-state index contributed by atoms with van der Waals surface area (Å²) in [6.07, 6.45) is 4.03. The largest absolute Gasteiger partial charge is 0.395 e. The van der Waals surface area contributed by atoms with Gasteiger partial charge in [0.1, 0.15) is 0 Å². The van der Waals surface area contributed by atoms with Gasteiger partial charge in [-0.15, -0.1) is 0 Å². The van der Waals surface area contributed by atoms with Crippen LogP contribution in [0.5, 0.6) is 0 Å². The van der Waals surface area contributed by atoms with Crippen LogP contribution in [0.2, 0.25) is 5.02 Å². The molecule has 0 bridgehead atoms. The molecule has 0 radical (unpaired) electrons. The summed E-state index contributed by atoms with van der Waals surface area (Å²) in [6.45, 7) is 2.04. The lowest BCUT2D eigenvalue weighted by molar-refractivity contribution is 0.107. The molecule has 1 rings (SSSR count). The first-order valence-electron chi connectivity index (χ1n) is 6.16. The molecule has 0 atom stereocenters. The molecule has 0 saturated heterocycles. The SMILES string of the molecule is CCCCCC(CO)(CO)c1cccc(Cl)c1. The molecule has 0 fully saturated rings. The van der Waals surface area contributed by atoms with Gasteiger partial charge in [0.25, 0.3) is 0 Å². The Kier molecular flexibility index (Phi) is 5.96. The fourth-order valence-corrected chi connectivity index (χ4v) is 2.26. The van der Waals surface area contributed by atoms with Gasteiger partial charge in [-0.05, 0) is 24.1 Å². The summed E-state index contributed by atoms with van der Waals surface area (Å²) in [5, 5.41) is 19.9. The van der Waals surface area contributed by atoms with Crippen molar-refractivity contribution >= 4 is 11.6 Å². The summed E-state index contributed by atoms with van der Waals surface area (Å²) in [4.78, 5) is 0. The van der Waals surface area contributed by atoms with Crippen molar-refractivity contribution in [3.05, 3.63) is 34.9 Å². The lowest BCUT2D eigenvalue weighted by Crippen LogP contribution is -2.34. The third-order valence-electron chi connectivity index (χ3n) is 3.30. The molecular weight excluding hydrogens is 236 g/mol. The molecule has 2 N–H and O–H groups in total. The van der Waals surface area contributed by atoms with Crippen LogP contribution in [0.3, 0.4) is 0 Å². The van der Waals surface area contributed by atoms with E-state index >= 15 is 0 Å². The van der Waals surface area contributed by atoms with Crippen molar-refractivity contribution in [3.8, 4) is 0 Å². The quantitative estimate of drug-likeness (QED) is 0.736. The summed E-state index contributed by atoms with van der Waals surface area (Å²) in [5.41, 5.74) is 0.367. The van der Waals surface area contributed by atoms with E-state index in [1.165, 1.54) is 0 Å². The molecule has 17 heavy (non-hydrogen) atoms. The molecule has 0 aliphatic rings. The van der Waals surface area contributed by atoms with Gasteiger partial charge in [0.2, 0.25) is 0 Å². The molecule has 0 spiro atoms. The van der Waals surface area contributed by atoms with Crippen molar-refractivity contribution in [2.24, 2.45) is 0 Å². The molecule has 0 aromatic heterocycles. The maximum absolute atomic E-state index is 9.62. The van der Waals surface area contributed by atoms with Gasteiger partial charge in [0, 0.05) is 10.4 Å². The van der Waals surface area contributed by atoms with Gasteiger partial charge in [0.05, 0.1) is 13.2 Å². The van der Waals surface area contributed by atoms with Crippen LogP contribution >= 0.6 is 11.6 Å². The van der Waals surface area contributed by atoms with E-state index in [0.717, 1.165) is 31.2 Å². The highest BCUT2D eigenvalue weighted by Crippen LogP contribution is 2.31. The average molecular weight is 257 g/mol. The molecule has 2 nitrogen and oxygen atoms in total. The summed E-state index contributed by atoms with van der Waals surface area (Å²) in [5.74, 6) is 0. The first-order valence-corrected chi connectivity index (χ1v) is 6.54. The second-order valence-electron chi connectivity index (χ2n) is 4.56. The van der Waals surface area contributed by atoms with Gasteiger partial charge in [-0.25, -0.2) is 0 Å². The van der Waals surface area contributed by atoms with E-state index in [9.17, 15) is 10.2 Å². The van der Waals surface area contributed by atoms with Gasteiger partial charge >= 0.3 is 0 Å². The van der Waals surface area contributed by atoms with Crippen LogP contribution in [-0.4, -0.2) is 23.4 Å². The number of unbranched alkanes of at least 4 members (excludes halogenated alkanes) is 2. The highest BCUT2D eigenvalue weighted by atomic mass is 35.5. The predicted octanol–water partition coefficient (Wildman–Crippen LogP) is 3.14. The summed E-state index contributed by atoms with van der Waals surface area (Å²) >= 11 is 5.96. The highest BCUT2D eigenvalue weighted by Gasteiger charge is 2.30. The Morgan fingerprint density at radius 3 is 2.41 bits per heavy atom. The van der Waals surface area contributed by atoms with E-state index in [1.54, 1.807) is 6.07 Å². The first kappa shape index (κ1) is 14.5. The van der Waals surface area contributed by atoms with Crippen molar-refractivity contribution in [3.63, 3.8) is 0 Å². The van der Waals surface area contributed by atoms with E-state index in [0.29, 0.717) is 5.02 Å². The predicted molar refractivity (Wildman–Crippen MR) is 71.4 cm³/mol. The van der Waals surface area contributed by atoms with Crippen LogP contribution in [0.4, 0.5) is 0 Å². The third-order valence-corrected chi connectivity index (χ3v) is 3.54. The lowest BCUT2D eigenvalue weighted by atomic mass is 9.77. The fourth-order valence-electron chi connectivity index (χ4n) is 2.07. The molecule has 3 heteroatoms. The molecule has 0 saturated carbocycles. The van der Waals surface area contributed by atoms with Crippen molar-refractivity contribution < 1.29 is 10.2 Å². The zero-order valence-electron chi connectivity index (χ0n) is 10.3. The second kappa shape index (κ2) is 7.00. The zero-order chi connectivity index (χ0) is 12.7. The molecule has 1 aromatic rings. The third kappa shape index (κ3) is 3.70. The standard InChI is InChI=1S/C14H21ClO2/c1-2-3-4-8-14(10-16,11-17)12-6-5-7-13(15)9-12/h5-7,9,16-17H,2-4,8,10-11H2,1H3. The van der Waals surface area contributed by atoms with E-state index < -0.39 is 5.41 Å². The number of aliphatic hydroxyl groups excluding tert-OH is 2. The van der Waals surface area contributed by atoms with E-state index in [2.05, 4.69) is 6.92 Å². The molecule has 0 aliphatic carbocycles. The van der Waals surface area contributed by atoms with Gasteiger partial charge < -0.3 is 10.2 Å². The molecule has 0 aliphatic heterocycles. The number of aliphatic hydroxyl groups is 2. The normalized spacial score (nSPS) is 11.8. The number of rotatable bonds is 7. The summed E-state index contributed by atoms with van der Waals surface area (Å²) in [6, 6.07) is 7.42. The van der Waals surface area contributed by atoms with E-state index in [1.807, 2.05) is 18.2 Å². The van der Waals surface area contributed by atoms with Crippen LogP contribution < -0.4 is 0 Å². The molecule has 0 amide bonds. The number of hydrogen-bond acceptors (Lipinski definition) is 2. The van der Waals surface area contributed by atoms with E-state index in [-0.39, 0.29) is 13.2 Å². The Bertz CT molecular complexity index is 335. The van der Waals surface area contributed by atoms with Gasteiger partial charge in [0.15, 0.2) is 0 Å². The smallest absolute Gasteiger partial charge is 0.0550 e. The monoisotopic (exact) mass is 256 g/mol. The maximum Gasteiger partial charge on any atom is 0.0550 e. The molecule has 96 valence electrons. The van der Waals surface area contributed by atoms with Crippen molar-refractivity contribution in [1.82, 2.24) is 0 Å². The first-order chi connectivity index (χ1) is 8.18. The lowest BCUT2D eigenvalue weighted by Gasteiger charge is -2.30. The van der Waals surface area contributed by atoms with Gasteiger partial charge in [-0.3, -0.25) is 0 Å². The Labute approximate surface area is 108 Å². The Morgan fingerprint density at radius 2 is 1.88 bits per heavy atom. The highest BCUT2D eigenvalue weighted by molar-refractivity contribution is 6.30. The van der Waals surface area contributed by atoms with Gasteiger partial charge in [-0.1, -0.05) is 49.9 Å². The van der Waals surface area contributed by atoms with E-state index in [4.69, 9.17) is 11.6 Å².